The van der Waals surface area contributed by atoms with Crippen molar-refractivity contribution in [2.24, 2.45) is 5.41 Å². The first-order valence-corrected chi connectivity index (χ1v) is 9.97. The number of rotatable bonds is 1. The molecule has 3 nitrogen and oxygen atoms in total. The van der Waals surface area contributed by atoms with Gasteiger partial charge in [-0.2, -0.15) is 0 Å². The van der Waals surface area contributed by atoms with Gasteiger partial charge in [0.2, 0.25) is 0 Å². The Morgan fingerprint density at radius 1 is 1.00 bits per heavy atom. The Hall–Kier alpha value is -0.900. The van der Waals surface area contributed by atoms with Gasteiger partial charge >= 0.3 is 0 Å². The van der Waals surface area contributed by atoms with Gasteiger partial charge in [-0.1, -0.05) is 37.1 Å². The lowest BCUT2D eigenvalue weighted by molar-refractivity contribution is 0.00236. The largest absolute Gasteiger partial charge is 0.390 e. The van der Waals surface area contributed by atoms with Crippen LogP contribution in [0.2, 0.25) is 0 Å². The maximum atomic E-state index is 11.5. The Morgan fingerprint density at radius 2 is 1.75 bits per heavy atom. The van der Waals surface area contributed by atoms with E-state index in [1.165, 1.54) is 56.3 Å². The molecule has 0 aromatic heterocycles. The van der Waals surface area contributed by atoms with E-state index in [0.717, 1.165) is 25.9 Å². The number of nitrogens with one attached hydrogen (secondary N) is 1. The minimum absolute atomic E-state index is 0.0159. The van der Waals surface area contributed by atoms with Gasteiger partial charge in [-0.05, 0) is 68.3 Å². The molecule has 2 spiro atoms. The van der Waals surface area contributed by atoms with Crippen molar-refractivity contribution in [1.82, 2.24) is 10.2 Å². The molecule has 1 saturated carbocycles. The molecule has 1 aromatic carbocycles. The van der Waals surface area contributed by atoms with Crippen molar-refractivity contribution in [3.05, 3.63) is 35.4 Å². The molecule has 24 heavy (non-hydrogen) atoms. The van der Waals surface area contributed by atoms with E-state index in [-0.39, 0.29) is 17.6 Å². The Morgan fingerprint density at radius 3 is 2.54 bits per heavy atom. The van der Waals surface area contributed by atoms with Crippen molar-refractivity contribution in [2.45, 2.75) is 62.5 Å². The summed E-state index contributed by atoms with van der Waals surface area (Å²) < 4.78 is 0. The van der Waals surface area contributed by atoms with E-state index in [9.17, 15) is 5.11 Å². The van der Waals surface area contributed by atoms with Crippen molar-refractivity contribution < 1.29 is 5.11 Å². The van der Waals surface area contributed by atoms with Crippen LogP contribution < -0.4 is 5.32 Å². The lowest BCUT2D eigenvalue weighted by atomic mass is 9.72. The van der Waals surface area contributed by atoms with Gasteiger partial charge in [0.25, 0.3) is 0 Å². The lowest BCUT2D eigenvalue weighted by Crippen LogP contribution is -2.48. The van der Waals surface area contributed by atoms with E-state index < -0.39 is 0 Å². The Labute approximate surface area is 145 Å². The van der Waals surface area contributed by atoms with Gasteiger partial charge in [0.15, 0.2) is 0 Å². The highest BCUT2D eigenvalue weighted by molar-refractivity contribution is 5.45. The van der Waals surface area contributed by atoms with Gasteiger partial charge in [-0.3, -0.25) is 4.90 Å². The summed E-state index contributed by atoms with van der Waals surface area (Å²) in [5, 5.41) is 15.0. The molecular formula is C21H30N2O. The van der Waals surface area contributed by atoms with Crippen molar-refractivity contribution in [1.29, 1.82) is 0 Å². The first-order chi connectivity index (χ1) is 11.7. The van der Waals surface area contributed by atoms with Crippen molar-refractivity contribution in [3.63, 3.8) is 0 Å². The molecule has 0 unspecified atom stereocenters. The molecule has 130 valence electrons. The predicted octanol–water partition coefficient (Wildman–Crippen LogP) is 2.99. The standard InChI is InChI=1S/C21H30N2O/c24-19-18(23-14-11-20(15-23)7-3-4-8-20)16-5-1-2-6-17(16)21(19)9-12-22-13-10-21/h1-2,5-6,18-19,22,24H,3-4,7-15H2/t18-,19+/m1/s1. The average molecular weight is 326 g/mol. The topological polar surface area (TPSA) is 35.5 Å². The molecule has 0 amide bonds. The van der Waals surface area contributed by atoms with Crippen molar-refractivity contribution in [2.75, 3.05) is 26.2 Å². The first kappa shape index (κ1) is 15.4. The van der Waals surface area contributed by atoms with Crippen LogP contribution in [0.1, 0.15) is 62.1 Å². The number of aliphatic hydroxyl groups excluding tert-OH is 1. The summed E-state index contributed by atoms with van der Waals surface area (Å²) in [6, 6.07) is 9.14. The average Bonchev–Trinajstić information content (AvgIpc) is 3.31. The third kappa shape index (κ3) is 2.07. The maximum absolute atomic E-state index is 11.5. The quantitative estimate of drug-likeness (QED) is 0.833. The smallest absolute Gasteiger partial charge is 0.0834 e. The second kappa shape index (κ2) is 5.55. The molecule has 5 rings (SSSR count). The summed E-state index contributed by atoms with van der Waals surface area (Å²) in [5.74, 6) is 0. The fraction of sp³-hybridized carbons (Fsp3) is 0.714. The van der Waals surface area contributed by atoms with Gasteiger partial charge in [0.05, 0.1) is 12.1 Å². The molecule has 4 aliphatic rings. The van der Waals surface area contributed by atoms with Crippen LogP contribution in [0.25, 0.3) is 0 Å². The summed E-state index contributed by atoms with van der Waals surface area (Å²) in [7, 11) is 0. The third-order valence-electron chi connectivity index (χ3n) is 7.70. The highest BCUT2D eigenvalue weighted by atomic mass is 16.3. The molecule has 2 saturated heterocycles. The Kier molecular flexibility index (Phi) is 3.55. The number of hydrogen-bond acceptors (Lipinski definition) is 3. The molecule has 2 N–H and O–H groups in total. The monoisotopic (exact) mass is 326 g/mol. The van der Waals surface area contributed by atoms with Crippen molar-refractivity contribution in [3.8, 4) is 0 Å². The Bertz CT molecular complexity index is 616. The minimum Gasteiger partial charge on any atom is -0.390 e. The molecule has 2 heterocycles. The molecule has 0 radical (unpaired) electrons. The number of fused-ring (bicyclic) bond motifs is 2. The van der Waals surface area contributed by atoms with Crippen molar-refractivity contribution >= 4 is 0 Å². The number of hydrogen-bond donors (Lipinski definition) is 2. The normalized spacial score (nSPS) is 34.2. The van der Waals surface area contributed by atoms with Crippen LogP contribution in [0.5, 0.6) is 0 Å². The fourth-order valence-electron chi connectivity index (χ4n) is 6.41. The van der Waals surface area contributed by atoms with Crippen LogP contribution in [0.15, 0.2) is 24.3 Å². The lowest BCUT2D eigenvalue weighted by Gasteiger charge is -2.40. The van der Waals surface area contributed by atoms with E-state index in [1.807, 2.05) is 0 Å². The van der Waals surface area contributed by atoms with E-state index in [2.05, 4.69) is 34.5 Å². The maximum Gasteiger partial charge on any atom is 0.0834 e. The minimum atomic E-state index is -0.242. The van der Waals surface area contributed by atoms with Gasteiger partial charge in [-0.25, -0.2) is 0 Å². The van der Waals surface area contributed by atoms with E-state index in [1.54, 1.807) is 0 Å². The third-order valence-corrected chi connectivity index (χ3v) is 7.70. The van der Waals surface area contributed by atoms with Crippen LogP contribution in [0, 0.1) is 5.41 Å². The van der Waals surface area contributed by atoms with Gasteiger partial charge in [0.1, 0.15) is 0 Å². The summed E-state index contributed by atoms with van der Waals surface area (Å²) in [6.07, 6.45) is 8.87. The zero-order valence-corrected chi connectivity index (χ0v) is 14.6. The zero-order chi connectivity index (χ0) is 16.2. The van der Waals surface area contributed by atoms with E-state index in [0.29, 0.717) is 5.41 Å². The molecular weight excluding hydrogens is 296 g/mol. The number of piperidine rings is 1. The van der Waals surface area contributed by atoms with E-state index in [4.69, 9.17) is 0 Å². The zero-order valence-electron chi connectivity index (χ0n) is 14.6. The summed E-state index contributed by atoms with van der Waals surface area (Å²) in [5.41, 5.74) is 3.41. The van der Waals surface area contributed by atoms with Crippen LogP contribution in [-0.4, -0.2) is 42.3 Å². The molecule has 3 heteroatoms. The molecule has 1 aromatic rings. The van der Waals surface area contributed by atoms with Crippen LogP contribution in [0.3, 0.4) is 0 Å². The van der Waals surface area contributed by atoms with Gasteiger partial charge in [0, 0.05) is 12.0 Å². The van der Waals surface area contributed by atoms with Gasteiger partial charge in [-0.15, -0.1) is 0 Å². The fourth-order valence-corrected chi connectivity index (χ4v) is 6.41. The summed E-state index contributed by atoms with van der Waals surface area (Å²) >= 11 is 0. The molecule has 2 aliphatic carbocycles. The molecule has 2 aliphatic heterocycles. The number of benzene rings is 1. The summed E-state index contributed by atoms with van der Waals surface area (Å²) in [6.45, 7) is 4.44. The van der Waals surface area contributed by atoms with Crippen LogP contribution in [-0.2, 0) is 5.41 Å². The highest BCUT2D eigenvalue weighted by Crippen LogP contribution is 2.55. The number of nitrogens with zero attached hydrogens (tertiary/aromatic N) is 1. The van der Waals surface area contributed by atoms with Crippen LogP contribution >= 0.6 is 0 Å². The van der Waals surface area contributed by atoms with E-state index >= 15 is 0 Å². The Balaban J connectivity index is 1.50. The molecule has 3 fully saturated rings. The second-order valence-corrected chi connectivity index (χ2v) is 8.81. The first-order valence-electron chi connectivity index (χ1n) is 9.97. The SMILES string of the molecule is O[C@H]1[C@H](N2CCC3(CCCC3)C2)c2ccccc2C12CCNCC2. The predicted molar refractivity (Wildman–Crippen MR) is 96.1 cm³/mol. The summed E-state index contributed by atoms with van der Waals surface area (Å²) in [4.78, 5) is 2.64. The van der Waals surface area contributed by atoms with Gasteiger partial charge < -0.3 is 10.4 Å². The highest BCUT2D eigenvalue weighted by Gasteiger charge is 2.55. The van der Waals surface area contributed by atoms with Crippen LogP contribution in [0.4, 0.5) is 0 Å². The number of aliphatic hydroxyl groups is 1. The molecule has 0 bridgehead atoms. The molecule has 2 atom stereocenters. The number of likely N-dealkylation sites (tertiary alicyclic amines) is 1. The second-order valence-electron chi connectivity index (χ2n) is 8.81.